The minimum Gasteiger partial charge on any atom is -0.300 e. The molecule has 0 aliphatic heterocycles. The number of alkyl halides is 6. The zero-order chi connectivity index (χ0) is 28.1. The molecule has 2 atom stereocenters. The summed E-state index contributed by atoms with van der Waals surface area (Å²) in [7, 11) is 0. The quantitative estimate of drug-likeness (QED) is 0.157. The standard InChI is InChI=1S/C25H20Cl3F7O2/c1-13(8-17(36)6-7-24(30,31)32)9-22(37)15-4-2-14(3-5-15)21(29)12-18(25(33,34)35)16-10-19(26)23(28)20(27)11-16/h2-5,10-13,18H,6-9H2,1H3/b21-12-/t13-,18?/m1/s1. The molecule has 0 radical (unpaired) electrons. The molecule has 2 aromatic rings. The first-order valence-corrected chi connectivity index (χ1v) is 11.9. The molecular formula is C25H20Cl3F7O2. The summed E-state index contributed by atoms with van der Waals surface area (Å²) in [6, 6.07) is 6.54. The number of allylic oxidation sites excluding steroid dienone is 1. The number of hydrogen-bond donors (Lipinski definition) is 0. The summed E-state index contributed by atoms with van der Waals surface area (Å²) in [6.45, 7) is 1.53. The maximum absolute atomic E-state index is 14.8. The zero-order valence-corrected chi connectivity index (χ0v) is 21.4. The maximum atomic E-state index is 14.8. The molecule has 12 heteroatoms. The van der Waals surface area contributed by atoms with Crippen molar-refractivity contribution < 1.29 is 40.3 Å². The number of halogens is 10. The van der Waals surface area contributed by atoms with Crippen LogP contribution in [0, 0.1) is 5.92 Å². The Balaban J connectivity index is 2.13. The summed E-state index contributed by atoms with van der Waals surface area (Å²) >= 11 is 17.4. The first kappa shape index (κ1) is 31.1. The molecule has 0 heterocycles. The van der Waals surface area contributed by atoms with Gasteiger partial charge in [-0.15, -0.1) is 0 Å². The van der Waals surface area contributed by atoms with Crippen LogP contribution < -0.4 is 0 Å². The molecule has 2 nitrogen and oxygen atoms in total. The van der Waals surface area contributed by atoms with Crippen LogP contribution in [-0.4, -0.2) is 23.9 Å². The number of hydrogen-bond acceptors (Lipinski definition) is 2. The Bertz CT molecular complexity index is 1130. The van der Waals surface area contributed by atoms with E-state index in [0.29, 0.717) is 6.08 Å². The number of ketones is 2. The van der Waals surface area contributed by atoms with E-state index in [1.807, 2.05) is 0 Å². The second-order valence-corrected chi connectivity index (χ2v) is 9.69. The van der Waals surface area contributed by atoms with Crippen molar-refractivity contribution in [3.63, 3.8) is 0 Å². The summed E-state index contributed by atoms with van der Waals surface area (Å²) in [5.74, 6) is -5.22. The van der Waals surface area contributed by atoms with Crippen LogP contribution in [0.4, 0.5) is 30.7 Å². The molecule has 0 aliphatic rings. The van der Waals surface area contributed by atoms with E-state index in [1.165, 1.54) is 19.1 Å². The van der Waals surface area contributed by atoms with E-state index < -0.39 is 60.0 Å². The number of carbonyl (C=O) groups is 2. The number of Topliss-reactive ketones (excluding diaryl/α,β-unsaturated/α-hetero) is 2. The van der Waals surface area contributed by atoms with Gasteiger partial charge in [-0.2, -0.15) is 26.3 Å². The van der Waals surface area contributed by atoms with E-state index in [2.05, 4.69) is 0 Å². The largest absolute Gasteiger partial charge is 0.399 e. The van der Waals surface area contributed by atoms with Gasteiger partial charge in [-0.3, -0.25) is 9.59 Å². The number of rotatable bonds is 10. The van der Waals surface area contributed by atoms with E-state index in [0.717, 1.165) is 24.3 Å². The molecule has 0 saturated heterocycles. The van der Waals surface area contributed by atoms with Gasteiger partial charge in [-0.25, -0.2) is 4.39 Å². The van der Waals surface area contributed by atoms with Crippen LogP contribution in [0.25, 0.3) is 5.83 Å². The van der Waals surface area contributed by atoms with Crippen molar-refractivity contribution in [3.8, 4) is 0 Å². The van der Waals surface area contributed by atoms with E-state index in [4.69, 9.17) is 34.8 Å². The highest BCUT2D eigenvalue weighted by atomic mass is 35.5. The van der Waals surface area contributed by atoms with Crippen molar-refractivity contribution in [2.75, 3.05) is 0 Å². The van der Waals surface area contributed by atoms with Crippen molar-refractivity contribution >= 4 is 52.2 Å². The second-order valence-electron chi connectivity index (χ2n) is 8.50. The Hall–Kier alpha value is -2.10. The molecular weight excluding hydrogens is 572 g/mol. The van der Waals surface area contributed by atoms with Crippen molar-refractivity contribution in [1.82, 2.24) is 0 Å². The van der Waals surface area contributed by atoms with Crippen molar-refractivity contribution in [3.05, 3.63) is 74.2 Å². The molecule has 0 amide bonds. The number of benzene rings is 2. The normalized spacial score (nSPS) is 14.4. The van der Waals surface area contributed by atoms with E-state index in [1.54, 1.807) is 0 Å². The first-order chi connectivity index (χ1) is 17.0. The Morgan fingerprint density at radius 3 is 1.89 bits per heavy atom. The Morgan fingerprint density at radius 1 is 0.892 bits per heavy atom. The molecule has 0 fully saturated rings. The van der Waals surface area contributed by atoms with Gasteiger partial charge in [0.05, 0.1) is 21.5 Å². The SMILES string of the molecule is C[C@H](CC(=O)CCC(F)(F)F)CC(=O)c1ccc(/C(F)=C/C(c2cc(Cl)c(Cl)c(Cl)c2)C(F)(F)F)cc1. The fourth-order valence-electron chi connectivity index (χ4n) is 3.47. The zero-order valence-electron chi connectivity index (χ0n) is 19.1. The molecule has 0 spiro atoms. The molecule has 0 saturated carbocycles. The van der Waals surface area contributed by atoms with Gasteiger partial charge in [-0.1, -0.05) is 66.0 Å². The molecule has 0 N–H and O–H groups in total. The highest BCUT2D eigenvalue weighted by molar-refractivity contribution is 6.48. The lowest BCUT2D eigenvalue weighted by Gasteiger charge is -2.19. The van der Waals surface area contributed by atoms with Crippen LogP contribution in [0.5, 0.6) is 0 Å². The van der Waals surface area contributed by atoms with Crippen LogP contribution in [0.3, 0.4) is 0 Å². The summed E-state index contributed by atoms with van der Waals surface area (Å²) in [5.41, 5.74) is -0.547. The van der Waals surface area contributed by atoms with Gasteiger partial charge in [0.15, 0.2) is 5.78 Å². The minimum atomic E-state index is -4.89. The highest BCUT2D eigenvalue weighted by Crippen LogP contribution is 2.42. The third kappa shape index (κ3) is 9.61. The third-order valence-electron chi connectivity index (χ3n) is 5.31. The third-order valence-corrected chi connectivity index (χ3v) is 6.51. The monoisotopic (exact) mass is 590 g/mol. The summed E-state index contributed by atoms with van der Waals surface area (Å²) in [5, 5.41) is -0.601. The van der Waals surface area contributed by atoms with E-state index >= 15 is 0 Å². The van der Waals surface area contributed by atoms with Gasteiger partial charge in [0.25, 0.3) is 0 Å². The Morgan fingerprint density at radius 2 is 1.41 bits per heavy atom. The van der Waals surface area contributed by atoms with Crippen molar-refractivity contribution in [1.29, 1.82) is 0 Å². The van der Waals surface area contributed by atoms with Crippen molar-refractivity contribution in [2.45, 2.75) is 50.9 Å². The predicted molar refractivity (Wildman–Crippen MR) is 129 cm³/mol. The average Bonchev–Trinajstić information content (AvgIpc) is 2.78. The topological polar surface area (TPSA) is 34.1 Å². The maximum Gasteiger partial charge on any atom is 0.399 e. The summed E-state index contributed by atoms with van der Waals surface area (Å²) < 4.78 is 92.5. The Labute approximate surface area is 223 Å². The van der Waals surface area contributed by atoms with Crippen molar-refractivity contribution in [2.24, 2.45) is 5.92 Å². The summed E-state index contributed by atoms with van der Waals surface area (Å²) in [4.78, 5) is 24.1. The van der Waals surface area contributed by atoms with Gasteiger partial charge in [0.2, 0.25) is 0 Å². The molecule has 2 rings (SSSR count). The minimum absolute atomic E-state index is 0.106. The molecule has 1 unspecified atom stereocenters. The van der Waals surface area contributed by atoms with Crippen LogP contribution >= 0.6 is 34.8 Å². The molecule has 0 bridgehead atoms. The molecule has 0 aliphatic carbocycles. The van der Waals surface area contributed by atoms with Gasteiger partial charge < -0.3 is 0 Å². The molecule has 202 valence electrons. The van der Waals surface area contributed by atoms with E-state index in [9.17, 15) is 40.3 Å². The highest BCUT2D eigenvalue weighted by Gasteiger charge is 2.40. The van der Waals surface area contributed by atoms with Gasteiger partial charge in [0.1, 0.15) is 17.5 Å². The van der Waals surface area contributed by atoms with Crippen LogP contribution in [0.2, 0.25) is 15.1 Å². The second kappa shape index (κ2) is 12.6. The Kier molecular flexibility index (Phi) is 10.6. The smallest absolute Gasteiger partial charge is 0.300 e. The lowest BCUT2D eigenvalue weighted by Crippen LogP contribution is -2.19. The van der Waals surface area contributed by atoms with Crippen LogP contribution in [0.15, 0.2) is 42.5 Å². The molecule has 2 aromatic carbocycles. The van der Waals surface area contributed by atoms with E-state index in [-0.39, 0.29) is 39.0 Å². The fraction of sp³-hybridized carbons (Fsp3) is 0.360. The first-order valence-electron chi connectivity index (χ1n) is 10.8. The van der Waals surface area contributed by atoms with Gasteiger partial charge in [0, 0.05) is 30.4 Å². The molecule has 0 aromatic heterocycles. The van der Waals surface area contributed by atoms with Crippen LogP contribution in [-0.2, 0) is 4.79 Å². The lowest BCUT2D eigenvalue weighted by molar-refractivity contribution is -0.143. The van der Waals surface area contributed by atoms with Crippen LogP contribution in [0.1, 0.15) is 60.0 Å². The van der Waals surface area contributed by atoms with Gasteiger partial charge in [-0.05, 0) is 29.7 Å². The predicted octanol–water partition coefficient (Wildman–Crippen LogP) is 9.81. The summed E-state index contributed by atoms with van der Waals surface area (Å²) in [6.07, 6.45) is -11.3. The number of carbonyl (C=O) groups excluding carboxylic acids is 2. The van der Waals surface area contributed by atoms with Gasteiger partial charge >= 0.3 is 12.4 Å². The fourth-order valence-corrected chi connectivity index (χ4v) is 4.08. The average molecular weight is 592 g/mol. The molecule has 37 heavy (non-hydrogen) atoms. The lowest BCUT2D eigenvalue weighted by atomic mass is 9.93.